The van der Waals surface area contributed by atoms with E-state index in [0.717, 1.165) is 19.5 Å². The van der Waals surface area contributed by atoms with Gasteiger partial charge in [0.25, 0.3) is 0 Å². The molecule has 1 aromatic heterocycles. The van der Waals surface area contributed by atoms with E-state index in [-0.39, 0.29) is 0 Å². The standard InChI is InChI=1S/C23H29N3/c1-17(15-19-16-26-23-11-5-4-10-21(19)23)24-13-14-25-22-12-6-8-18-7-2-3-9-20(18)22/h2-5,7,9-11,16-17,22,24-26H,6,8,12-15H2,1H3. The summed E-state index contributed by atoms with van der Waals surface area (Å²) in [6.07, 6.45) is 6.98. The van der Waals surface area contributed by atoms with Gasteiger partial charge in [-0.3, -0.25) is 0 Å². The molecule has 1 aliphatic carbocycles. The van der Waals surface area contributed by atoms with E-state index in [2.05, 4.69) is 77.3 Å². The van der Waals surface area contributed by atoms with E-state index in [4.69, 9.17) is 0 Å². The summed E-state index contributed by atoms with van der Waals surface area (Å²) in [5.41, 5.74) is 5.66. The van der Waals surface area contributed by atoms with Crippen LogP contribution in [0.25, 0.3) is 10.9 Å². The lowest BCUT2D eigenvalue weighted by molar-refractivity contribution is 0.442. The monoisotopic (exact) mass is 347 g/mol. The lowest BCUT2D eigenvalue weighted by atomic mass is 9.88. The lowest BCUT2D eigenvalue weighted by Gasteiger charge is -2.26. The summed E-state index contributed by atoms with van der Waals surface area (Å²) in [6, 6.07) is 18.4. The second-order valence-electron chi connectivity index (χ2n) is 7.52. The SMILES string of the molecule is CC(Cc1c[nH]c2ccccc12)NCCNC1CCCc2ccccc21. The Morgan fingerprint density at radius 2 is 1.92 bits per heavy atom. The van der Waals surface area contributed by atoms with E-state index in [9.17, 15) is 0 Å². The molecule has 1 heterocycles. The van der Waals surface area contributed by atoms with E-state index in [1.165, 1.54) is 46.9 Å². The Hall–Kier alpha value is -2.10. The van der Waals surface area contributed by atoms with Crippen LogP contribution in [0.1, 0.15) is 42.5 Å². The molecule has 0 aliphatic heterocycles. The van der Waals surface area contributed by atoms with Crippen LogP contribution in [-0.4, -0.2) is 24.1 Å². The first-order valence-electron chi connectivity index (χ1n) is 9.91. The van der Waals surface area contributed by atoms with Crippen LogP contribution in [0.15, 0.2) is 54.7 Å². The Morgan fingerprint density at radius 3 is 2.88 bits per heavy atom. The fraction of sp³-hybridized carbons (Fsp3) is 0.391. The summed E-state index contributed by atoms with van der Waals surface area (Å²) in [5, 5.41) is 8.77. The van der Waals surface area contributed by atoms with Crippen molar-refractivity contribution in [2.24, 2.45) is 0 Å². The van der Waals surface area contributed by atoms with Crippen molar-refractivity contribution in [3.8, 4) is 0 Å². The van der Waals surface area contributed by atoms with Gasteiger partial charge in [0.15, 0.2) is 0 Å². The Bertz CT molecular complexity index is 851. The molecular formula is C23H29N3. The minimum absolute atomic E-state index is 0.467. The first-order valence-corrected chi connectivity index (χ1v) is 9.91. The number of H-pyrrole nitrogens is 1. The van der Waals surface area contributed by atoms with E-state index in [1.807, 2.05) is 0 Å². The Morgan fingerprint density at radius 1 is 1.08 bits per heavy atom. The van der Waals surface area contributed by atoms with Crippen molar-refractivity contribution in [2.75, 3.05) is 13.1 Å². The molecule has 2 atom stereocenters. The van der Waals surface area contributed by atoms with Crippen LogP contribution in [0.3, 0.4) is 0 Å². The maximum Gasteiger partial charge on any atom is 0.0456 e. The minimum Gasteiger partial charge on any atom is -0.361 e. The molecule has 0 radical (unpaired) electrons. The molecule has 3 nitrogen and oxygen atoms in total. The van der Waals surface area contributed by atoms with Gasteiger partial charge in [0, 0.05) is 42.3 Å². The fourth-order valence-electron chi connectivity index (χ4n) is 4.23. The smallest absolute Gasteiger partial charge is 0.0456 e. The van der Waals surface area contributed by atoms with Gasteiger partial charge in [-0.2, -0.15) is 0 Å². The second kappa shape index (κ2) is 8.07. The first kappa shape index (κ1) is 17.3. The number of aromatic nitrogens is 1. The van der Waals surface area contributed by atoms with Crippen molar-refractivity contribution in [2.45, 2.75) is 44.7 Å². The summed E-state index contributed by atoms with van der Waals surface area (Å²) in [6.45, 7) is 4.29. The van der Waals surface area contributed by atoms with Crippen LogP contribution >= 0.6 is 0 Å². The lowest BCUT2D eigenvalue weighted by Crippen LogP contribution is -2.36. The van der Waals surface area contributed by atoms with Crippen LogP contribution in [-0.2, 0) is 12.8 Å². The number of benzene rings is 2. The number of rotatable bonds is 7. The third-order valence-electron chi connectivity index (χ3n) is 5.58. The number of hydrogen-bond acceptors (Lipinski definition) is 2. The van der Waals surface area contributed by atoms with Crippen LogP contribution in [0.5, 0.6) is 0 Å². The summed E-state index contributed by atoms with van der Waals surface area (Å²) >= 11 is 0. The number of fused-ring (bicyclic) bond motifs is 2. The van der Waals surface area contributed by atoms with Crippen molar-refractivity contribution in [1.29, 1.82) is 0 Å². The van der Waals surface area contributed by atoms with Gasteiger partial charge in [0.05, 0.1) is 0 Å². The third kappa shape index (κ3) is 3.84. The summed E-state index contributed by atoms with van der Waals surface area (Å²) in [7, 11) is 0. The molecule has 0 fully saturated rings. The number of aryl methyl sites for hydroxylation is 1. The highest BCUT2D eigenvalue weighted by Crippen LogP contribution is 2.29. The van der Waals surface area contributed by atoms with Gasteiger partial charge in [-0.15, -0.1) is 0 Å². The van der Waals surface area contributed by atoms with Gasteiger partial charge in [0.1, 0.15) is 0 Å². The highest BCUT2D eigenvalue weighted by Gasteiger charge is 2.18. The average Bonchev–Trinajstić information content (AvgIpc) is 3.08. The number of aromatic amines is 1. The van der Waals surface area contributed by atoms with Gasteiger partial charge in [-0.1, -0.05) is 42.5 Å². The highest BCUT2D eigenvalue weighted by atomic mass is 15.0. The molecule has 0 bridgehead atoms. The maximum atomic E-state index is 3.75. The van der Waals surface area contributed by atoms with E-state index < -0.39 is 0 Å². The molecule has 4 rings (SSSR count). The van der Waals surface area contributed by atoms with Crippen molar-refractivity contribution >= 4 is 10.9 Å². The molecule has 2 unspecified atom stereocenters. The molecule has 0 saturated heterocycles. The van der Waals surface area contributed by atoms with Crippen LogP contribution in [0, 0.1) is 0 Å². The van der Waals surface area contributed by atoms with E-state index >= 15 is 0 Å². The van der Waals surface area contributed by atoms with Crippen LogP contribution < -0.4 is 10.6 Å². The first-order chi connectivity index (χ1) is 12.8. The maximum absolute atomic E-state index is 3.75. The average molecular weight is 348 g/mol. The zero-order valence-electron chi connectivity index (χ0n) is 15.6. The molecule has 3 N–H and O–H groups in total. The molecular weight excluding hydrogens is 318 g/mol. The van der Waals surface area contributed by atoms with E-state index in [1.54, 1.807) is 0 Å². The highest BCUT2D eigenvalue weighted by molar-refractivity contribution is 5.83. The molecule has 0 amide bonds. The van der Waals surface area contributed by atoms with Gasteiger partial charge >= 0.3 is 0 Å². The molecule has 3 aromatic rings. The summed E-state index contributed by atoms with van der Waals surface area (Å²) in [4.78, 5) is 3.37. The Labute approximate surface area is 156 Å². The van der Waals surface area contributed by atoms with Gasteiger partial charge in [-0.05, 0) is 55.4 Å². The summed E-state index contributed by atoms with van der Waals surface area (Å²) < 4.78 is 0. The molecule has 136 valence electrons. The van der Waals surface area contributed by atoms with Gasteiger partial charge < -0.3 is 15.6 Å². The molecule has 2 aromatic carbocycles. The molecule has 0 saturated carbocycles. The molecule has 1 aliphatic rings. The predicted molar refractivity (Wildman–Crippen MR) is 110 cm³/mol. The molecule has 26 heavy (non-hydrogen) atoms. The quantitative estimate of drug-likeness (QED) is 0.556. The largest absolute Gasteiger partial charge is 0.361 e. The second-order valence-corrected chi connectivity index (χ2v) is 7.52. The zero-order chi connectivity index (χ0) is 17.8. The third-order valence-corrected chi connectivity index (χ3v) is 5.58. The zero-order valence-corrected chi connectivity index (χ0v) is 15.6. The fourth-order valence-corrected chi connectivity index (χ4v) is 4.23. The van der Waals surface area contributed by atoms with Crippen molar-refractivity contribution < 1.29 is 0 Å². The van der Waals surface area contributed by atoms with Gasteiger partial charge in [0.2, 0.25) is 0 Å². The molecule has 0 spiro atoms. The predicted octanol–water partition coefficient (Wildman–Crippen LogP) is 4.36. The minimum atomic E-state index is 0.467. The normalized spacial score (nSPS) is 18.0. The summed E-state index contributed by atoms with van der Waals surface area (Å²) in [5.74, 6) is 0. The topological polar surface area (TPSA) is 39.9 Å². The Balaban J connectivity index is 1.25. The number of nitrogens with one attached hydrogen (secondary N) is 3. The van der Waals surface area contributed by atoms with Crippen LogP contribution in [0.2, 0.25) is 0 Å². The van der Waals surface area contributed by atoms with E-state index in [0.29, 0.717) is 12.1 Å². The van der Waals surface area contributed by atoms with Gasteiger partial charge in [-0.25, -0.2) is 0 Å². The van der Waals surface area contributed by atoms with Crippen molar-refractivity contribution in [3.05, 3.63) is 71.4 Å². The van der Waals surface area contributed by atoms with Crippen molar-refractivity contribution in [3.63, 3.8) is 0 Å². The Kier molecular flexibility index (Phi) is 5.37. The molecule has 3 heteroatoms. The van der Waals surface area contributed by atoms with Crippen LogP contribution in [0.4, 0.5) is 0 Å². The number of hydrogen-bond donors (Lipinski definition) is 3. The number of para-hydroxylation sites is 1. The van der Waals surface area contributed by atoms with Crippen molar-refractivity contribution in [1.82, 2.24) is 15.6 Å².